The van der Waals surface area contributed by atoms with Crippen LogP contribution in [-0.4, -0.2) is 23.0 Å². The number of hydrogen-bond acceptors (Lipinski definition) is 4. The third kappa shape index (κ3) is 4.11. The van der Waals surface area contributed by atoms with Crippen LogP contribution >= 0.6 is 23.1 Å². The summed E-state index contributed by atoms with van der Waals surface area (Å²) in [6.07, 6.45) is 9.91. The highest BCUT2D eigenvalue weighted by atomic mass is 32.2. The van der Waals surface area contributed by atoms with Crippen LogP contribution in [0.3, 0.4) is 0 Å². The molecule has 26 heavy (non-hydrogen) atoms. The fourth-order valence-corrected chi connectivity index (χ4v) is 5.82. The number of thioether (sulfide) groups is 1. The minimum absolute atomic E-state index is 0.0499. The van der Waals surface area contributed by atoms with Crippen LogP contribution in [0, 0.1) is 0 Å². The second-order valence-electron chi connectivity index (χ2n) is 8.85. The molecule has 144 valence electrons. The molecule has 1 saturated heterocycles. The summed E-state index contributed by atoms with van der Waals surface area (Å²) in [5, 5.41) is 0. The van der Waals surface area contributed by atoms with Gasteiger partial charge in [0, 0.05) is 14.7 Å². The molecule has 0 aliphatic carbocycles. The molecule has 2 aliphatic rings. The maximum atomic E-state index is 6.34. The molecule has 5 heteroatoms. The van der Waals surface area contributed by atoms with Gasteiger partial charge in [-0.1, -0.05) is 39.2 Å². The molecule has 3 rings (SSSR count). The number of aryl methyl sites for hydroxylation is 1. The molecule has 0 bridgehead atoms. The quantitative estimate of drug-likeness (QED) is 0.378. The van der Waals surface area contributed by atoms with Crippen LogP contribution in [0.1, 0.15) is 83.4 Å². The van der Waals surface area contributed by atoms with Crippen LogP contribution in [0.4, 0.5) is 0 Å². The van der Waals surface area contributed by atoms with Gasteiger partial charge < -0.3 is 9.31 Å². The Balaban J connectivity index is 1.61. The summed E-state index contributed by atoms with van der Waals surface area (Å²) in [4.78, 5) is 4.31. The molecular weight excluding hydrogens is 359 g/mol. The summed E-state index contributed by atoms with van der Waals surface area (Å²) in [5.41, 5.74) is -0.531. The molecule has 0 aromatic carbocycles. The number of rotatable bonds is 7. The second kappa shape index (κ2) is 7.65. The van der Waals surface area contributed by atoms with Gasteiger partial charge >= 0.3 is 7.12 Å². The molecule has 1 unspecified atom stereocenters. The molecule has 1 fully saturated rings. The van der Waals surface area contributed by atoms with E-state index in [1.165, 1.54) is 46.8 Å². The van der Waals surface area contributed by atoms with Crippen LogP contribution in [0.15, 0.2) is 18.2 Å². The first kappa shape index (κ1) is 20.5. The van der Waals surface area contributed by atoms with E-state index in [4.69, 9.17) is 9.31 Å². The predicted octanol–water partition coefficient (Wildman–Crippen LogP) is 6.74. The highest BCUT2D eigenvalue weighted by Crippen LogP contribution is 2.53. The zero-order chi connectivity index (χ0) is 19.0. The van der Waals surface area contributed by atoms with E-state index in [-0.39, 0.29) is 23.0 Å². The molecule has 0 amide bonds. The number of hydrogen-bond donors (Lipinski definition) is 0. The van der Waals surface area contributed by atoms with E-state index in [1.54, 1.807) is 0 Å². The van der Waals surface area contributed by atoms with Gasteiger partial charge in [0.2, 0.25) is 0 Å². The third-order valence-electron chi connectivity index (χ3n) is 5.97. The second-order valence-corrected chi connectivity index (χ2v) is 11.6. The Labute approximate surface area is 168 Å². The van der Waals surface area contributed by atoms with Crippen molar-refractivity contribution in [1.29, 1.82) is 0 Å². The third-order valence-corrected chi connectivity index (χ3v) is 8.71. The Morgan fingerprint density at radius 2 is 1.69 bits per heavy atom. The molecule has 0 radical (unpaired) electrons. The fraction of sp³-hybridized carbons (Fsp3) is 0.714. The average Bonchev–Trinajstić information content (AvgIpc) is 3.22. The predicted molar refractivity (Wildman–Crippen MR) is 117 cm³/mol. The standard InChI is InChI=1S/C21H33BO2S2/c1-7-8-9-10-11-16-12-13-17(25-16)18-14-15-21(6,26-18)22-23-19(2,3)20(4,5)24-22/h12-14H,7-11,15H2,1-6H3. The fourth-order valence-electron chi connectivity index (χ4n) is 3.39. The zero-order valence-corrected chi connectivity index (χ0v) is 18.8. The van der Waals surface area contributed by atoms with Crippen molar-refractivity contribution in [2.75, 3.05) is 0 Å². The number of unbranched alkanes of at least 4 members (excludes halogenated alkanes) is 3. The lowest BCUT2D eigenvalue weighted by molar-refractivity contribution is 0.00578. The van der Waals surface area contributed by atoms with Crippen molar-refractivity contribution in [2.45, 2.75) is 95.9 Å². The lowest BCUT2D eigenvalue weighted by Gasteiger charge is -2.32. The molecule has 0 saturated carbocycles. The first-order chi connectivity index (χ1) is 12.2. The molecule has 3 heterocycles. The van der Waals surface area contributed by atoms with Crippen molar-refractivity contribution in [3.8, 4) is 0 Å². The van der Waals surface area contributed by atoms with Crippen LogP contribution in [0.2, 0.25) is 0 Å². The van der Waals surface area contributed by atoms with E-state index < -0.39 is 0 Å². The Bertz CT molecular complexity index is 649. The van der Waals surface area contributed by atoms with Gasteiger partial charge in [0.15, 0.2) is 0 Å². The molecule has 0 spiro atoms. The smallest absolute Gasteiger partial charge is 0.402 e. The first-order valence-electron chi connectivity index (χ1n) is 10.0. The van der Waals surface area contributed by atoms with Crippen LogP contribution in [0.25, 0.3) is 4.91 Å². The summed E-state index contributed by atoms with van der Waals surface area (Å²) < 4.78 is 12.6. The first-order valence-corrected chi connectivity index (χ1v) is 11.6. The Kier molecular flexibility index (Phi) is 6.04. The maximum Gasteiger partial charge on any atom is 0.475 e. The van der Waals surface area contributed by atoms with E-state index in [2.05, 4.69) is 59.8 Å². The molecule has 1 aromatic rings. The summed E-state index contributed by atoms with van der Waals surface area (Å²) in [6, 6.07) is 4.62. The van der Waals surface area contributed by atoms with Crippen molar-refractivity contribution in [1.82, 2.24) is 0 Å². The van der Waals surface area contributed by atoms with Crippen molar-refractivity contribution in [3.63, 3.8) is 0 Å². The van der Waals surface area contributed by atoms with Crippen molar-refractivity contribution < 1.29 is 9.31 Å². The van der Waals surface area contributed by atoms with Gasteiger partial charge in [0.1, 0.15) is 0 Å². The van der Waals surface area contributed by atoms with Gasteiger partial charge in [0.25, 0.3) is 0 Å². The van der Waals surface area contributed by atoms with E-state index in [0.29, 0.717) is 0 Å². The molecule has 1 aromatic heterocycles. The van der Waals surface area contributed by atoms with E-state index >= 15 is 0 Å². The number of allylic oxidation sites excluding steroid dienone is 1. The van der Waals surface area contributed by atoms with Crippen LogP contribution < -0.4 is 0 Å². The highest BCUT2D eigenvalue weighted by molar-refractivity contribution is 8.11. The number of thiophene rings is 1. The lowest BCUT2D eigenvalue weighted by Crippen LogP contribution is -2.41. The summed E-state index contributed by atoms with van der Waals surface area (Å²) in [7, 11) is -0.167. The molecular formula is C21H33BO2S2. The molecule has 0 N–H and O–H groups in total. The van der Waals surface area contributed by atoms with E-state index in [0.717, 1.165) is 6.42 Å². The van der Waals surface area contributed by atoms with Gasteiger partial charge in [0.05, 0.1) is 15.8 Å². The molecule has 1 atom stereocenters. The Morgan fingerprint density at radius 3 is 2.35 bits per heavy atom. The van der Waals surface area contributed by atoms with E-state index in [1.807, 2.05) is 23.1 Å². The average molecular weight is 392 g/mol. The lowest BCUT2D eigenvalue weighted by atomic mass is 9.70. The van der Waals surface area contributed by atoms with Crippen LogP contribution in [-0.2, 0) is 15.7 Å². The minimum Gasteiger partial charge on any atom is -0.402 e. The summed E-state index contributed by atoms with van der Waals surface area (Å²) in [6.45, 7) is 13.1. The van der Waals surface area contributed by atoms with Crippen LogP contribution in [0.5, 0.6) is 0 Å². The van der Waals surface area contributed by atoms with Crippen molar-refractivity contribution in [2.24, 2.45) is 0 Å². The zero-order valence-electron chi connectivity index (χ0n) is 17.2. The maximum absolute atomic E-state index is 6.34. The molecule has 2 aliphatic heterocycles. The van der Waals surface area contributed by atoms with E-state index in [9.17, 15) is 0 Å². The van der Waals surface area contributed by atoms with Gasteiger partial charge in [-0.3, -0.25) is 0 Å². The minimum atomic E-state index is -0.265. The van der Waals surface area contributed by atoms with Gasteiger partial charge in [-0.05, 0) is 59.1 Å². The van der Waals surface area contributed by atoms with Gasteiger partial charge in [-0.15, -0.1) is 23.1 Å². The molecule has 2 nitrogen and oxygen atoms in total. The van der Waals surface area contributed by atoms with Gasteiger partial charge in [-0.2, -0.15) is 0 Å². The van der Waals surface area contributed by atoms with Crippen molar-refractivity contribution in [3.05, 3.63) is 28.0 Å². The van der Waals surface area contributed by atoms with Gasteiger partial charge in [-0.25, -0.2) is 0 Å². The monoisotopic (exact) mass is 392 g/mol. The normalized spacial score (nSPS) is 27.2. The Morgan fingerprint density at radius 1 is 1.00 bits per heavy atom. The topological polar surface area (TPSA) is 18.5 Å². The summed E-state index contributed by atoms with van der Waals surface area (Å²) >= 11 is 3.89. The van der Waals surface area contributed by atoms with Crippen molar-refractivity contribution >= 4 is 35.1 Å². The largest absolute Gasteiger partial charge is 0.475 e. The Hall–Kier alpha value is -0.225. The highest BCUT2D eigenvalue weighted by Gasteiger charge is 2.59. The SMILES string of the molecule is CCCCCCc1ccc(C2=CCC(C)(B3OC(C)(C)C(C)(C)O3)S2)s1. The summed E-state index contributed by atoms with van der Waals surface area (Å²) in [5.74, 6) is 0.